The molecule has 33 heavy (non-hydrogen) atoms. The van der Waals surface area contributed by atoms with Gasteiger partial charge in [-0.1, -0.05) is 127 Å². The van der Waals surface area contributed by atoms with Crippen molar-refractivity contribution in [1.82, 2.24) is 0 Å². The number of aliphatic hydroxyl groups is 1. The first kappa shape index (κ1) is 30.1. The maximum Gasteiger partial charge on any atom is 0.198 e. The van der Waals surface area contributed by atoms with Crippen LogP contribution in [0.4, 0.5) is 0 Å². The van der Waals surface area contributed by atoms with Crippen molar-refractivity contribution in [1.29, 1.82) is 0 Å². The van der Waals surface area contributed by atoms with Crippen molar-refractivity contribution in [3.63, 3.8) is 0 Å². The summed E-state index contributed by atoms with van der Waals surface area (Å²) in [5.74, 6) is 1.33. The molecule has 0 saturated heterocycles. The van der Waals surface area contributed by atoms with Crippen LogP contribution in [0.3, 0.4) is 0 Å². The van der Waals surface area contributed by atoms with Crippen molar-refractivity contribution in [2.75, 3.05) is 26.2 Å². The van der Waals surface area contributed by atoms with Crippen molar-refractivity contribution < 1.29 is 22.0 Å². The largest absolute Gasteiger partial charge is 1.00 e. The highest BCUT2D eigenvalue weighted by atomic mass is 35.5. The molecule has 0 saturated carbocycles. The summed E-state index contributed by atoms with van der Waals surface area (Å²) in [4.78, 5) is 4.89. The van der Waals surface area contributed by atoms with E-state index in [1.807, 2.05) is 0 Å². The molecule has 0 radical (unpaired) electrons. The Labute approximate surface area is 211 Å². The average Bonchev–Trinajstić information content (AvgIpc) is 3.19. The molecule has 1 aromatic carbocycles. The van der Waals surface area contributed by atoms with Gasteiger partial charge in [0.2, 0.25) is 0 Å². The molecule has 1 atom stereocenters. The molecule has 0 aliphatic carbocycles. The third-order valence-electron chi connectivity index (χ3n) is 7.23. The van der Waals surface area contributed by atoms with Crippen molar-refractivity contribution in [2.24, 2.45) is 4.99 Å². The van der Waals surface area contributed by atoms with Gasteiger partial charge in [-0.15, -0.1) is 0 Å². The van der Waals surface area contributed by atoms with Gasteiger partial charge in [0, 0.05) is 12.0 Å². The molecule has 0 amide bonds. The first-order chi connectivity index (χ1) is 15.8. The van der Waals surface area contributed by atoms with Crippen LogP contribution in [0, 0.1) is 0 Å². The SMILES string of the molecule is CCCCCCCCCCCCCCCCCC1=NCC[N+]1(CCO)Cc1ccccc1.[Cl-]. The topological polar surface area (TPSA) is 32.6 Å². The maximum absolute atomic E-state index is 9.72. The lowest BCUT2D eigenvalue weighted by Crippen LogP contribution is -3.00. The summed E-state index contributed by atoms with van der Waals surface area (Å²) in [6.07, 6.45) is 22.2. The Morgan fingerprint density at radius 3 is 1.79 bits per heavy atom. The highest BCUT2D eigenvalue weighted by molar-refractivity contribution is 5.76. The molecule has 1 heterocycles. The fourth-order valence-electron chi connectivity index (χ4n) is 5.23. The lowest BCUT2D eigenvalue weighted by molar-refractivity contribution is -0.850. The fraction of sp³-hybridized carbons (Fsp3) is 0.759. The number of benzene rings is 1. The number of quaternary nitrogens is 1. The number of aliphatic hydroxyl groups excluding tert-OH is 1. The summed E-state index contributed by atoms with van der Waals surface area (Å²) in [7, 11) is 0. The maximum atomic E-state index is 9.72. The minimum Gasteiger partial charge on any atom is -1.00 e. The van der Waals surface area contributed by atoms with Gasteiger partial charge in [0.05, 0.1) is 13.2 Å². The van der Waals surface area contributed by atoms with E-state index >= 15 is 0 Å². The molecule has 0 fully saturated rings. The average molecular weight is 479 g/mol. The standard InChI is InChI=1S/C29H51N2O.ClH/c1-2-3-4-5-6-7-8-9-10-11-12-13-14-15-19-22-29-30-23-24-31(29,25-26-32)27-28-20-17-16-18-21-28;/h16-18,20-21,32H,2-15,19,22-27H2,1H3;1H/q+1;/p-1. The molecule has 2 rings (SSSR count). The zero-order valence-electron chi connectivity index (χ0n) is 21.5. The van der Waals surface area contributed by atoms with Crippen molar-refractivity contribution in [3.8, 4) is 0 Å². The zero-order chi connectivity index (χ0) is 22.7. The van der Waals surface area contributed by atoms with Gasteiger partial charge in [-0.2, -0.15) is 0 Å². The highest BCUT2D eigenvalue weighted by Gasteiger charge is 2.37. The van der Waals surface area contributed by atoms with Crippen molar-refractivity contribution in [3.05, 3.63) is 35.9 Å². The Morgan fingerprint density at radius 2 is 1.27 bits per heavy atom. The highest BCUT2D eigenvalue weighted by Crippen LogP contribution is 2.24. The molecule has 1 aliphatic rings. The van der Waals surface area contributed by atoms with Gasteiger partial charge in [0.25, 0.3) is 0 Å². The van der Waals surface area contributed by atoms with E-state index in [1.54, 1.807) is 0 Å². The van der Waals surface area contributed by atoms with Crippen LogP contribution in [0.2, 0.25) is 0 Å². The van der Waals surface area contributed by atoms with Gasteiger partial charge in [0.1, 0.15) is 19.6 Å². The molecule has 0 spiro atoms. The molecular formula is C29H51ClN2O. The molecule has 0 aromatic heterocycles. The molecule has 3 nitrogen and oxygen atoms in total. The van der Waals surface area contributed by atoms with Crippen LogP contribution in [0.15, 0.2) is 35.3 Å². The quantitative estimate of drug-likeness (QED) is 0.214. The van der Waals surface area contributed by atoms with E-state index in [4.69, 9.17) is 4.99 Å². The Kier molecular flexibility index (Phi) is 17.7. The van der Waals surface area contributed by atoms with Gasteiger partial charge in [-0.05, 0) is 6.42 Å². The number of hydrogen-bond donors (Lipinski definition) is 1. The van der Waals surface area contributed by atoms with E-state index in [2.05, 4.69) is 37.3 Å². The first-order valence-corrected chi connectivity index (χ1v) is 13.9. The van der Waals surface area contributed by atoms with Gasteiger partial charge in [0.15, 0.2) is 5.84 Å². The number of aliphatic imine (C=N–C) groups is 1. The number of amidine groups is 1. The number of nitrogens with zero attached hydrogens (tertiary/aromatic N) is 2. The summed E-state index contributed by atoms with van der Waals surface area (Å²) < 4.78 is 0.874. The minimum absolute atomic E-state index is 0. The first-order valence-electron chi connectivity index (χ1n) is 13.9. The van der Waals surface area contributed by atoms with E-state index in [1.165, 1.54) is 108 Å². The molecule has 4 heteroatoms. The predicted molar refractivity (Wildman–Crippen MR) is 139 cm³/mol. The van der Waals surface area contributed by atoms with E-state index in [0.717, 1.165) is 37.1 Å². The van der Waals surface area contributed by atoms with Crippen LogP contribution in [0.1, 0.15) is 115 Å². The normalized spacial score (nSPS) is 17.7. The Bertz CT molecular complexity index is 607. The summed E-state index contributed by atoms with van der Waals surface area (Å²) in [5.41, 5.74) is 1.35. The lowest BCUT2D eigenvalue weighted by atomic mass is 10.0. The molecule has 1 N–H and O–H groups in total. The molecule has 1 aromatic rings. The number of unbranched alkanes of at least 4 members (excludes halogenated alkanes) is 14. The predicted octanol–water partition coefficient (Wildman–Crippen LogP) is 4.67. The number of halogens is 1. The van der Waals surface area contributed by atoms with Crippen LogP contribution >= 0.6 is 0 Å². The second-order valence-corrected chi connectivity index (χ2v) is 9.96. The molecular weight excluding hydrogens is 428 g/mol. The fourth-order valence-corrected chi connectivity index (χ4v) is 5.23. The smallest absolute Gasteiger partial charge is 0.198 e. The van der Waals surface area contributed by atoms with E-state index in [9.17, 15) is 5.11 Å². The van der Waals surface area contributed by atoms with Crippen molar-refractivity contribution in [2.45, 2.75) is 116 Å². The minimum atomic E-state index is 0. The molecule has 190 valence electrons. The van der Waals surface area contributed by atoms with Gasteiger partial charge >= 0.3 is 0 Å². The zero-order valence-corrected chi connectivity index (χ0v) is 22.2. The summed E-state index contributed by atoms with van der Waals surface area (Å²) in [6.45, 7) is 6.26. The Balaban J connectivity index is 0.00000544. The third-order valence-corrected chi connectivity index (χ3v) is 7.23. The van der Waals surface area contributed by atoms with Gasteiger partial charge in [-0.25, -0.2) is 4.99 Å². The summed E-state index contributed by atoms with van der Waals surface area (Å²) in [6, 6.07) is 10.7. The summed E-state index contributed by atoms with van der Waals surface area (Å²) >= 11 is 0. The van der Waals surface area contributed by atoms with Crippen LogP contribution in [-0.2, 0) is 6.54 Å². The molecule has 1 unspecified atom stereocenters. The molecule has 0 bridgehead atoms. The number of rotatable bonds is 20. The number of hydrogen-bond acceptors (Lipinski definition) is 2. The third kappa shape index (κ3) is 12.4. The van der Waals surface area contributed by atoms with Crippen LogP contribution in [-0.4, -0.2) is 41.7 Å². The van der Waals surface area contributed by atoms with Gasteiger partial charge in [-0.3, -0.25) is 4.48 Å². The van der Waals surface area contributed by atoms with Crippen LogP contribution in [0.5, 0.6) is 0 Å². The van der Waals surface area contributed by atoms with Crippen LogP contribution < -0.4 is 12.4 Å². The van der Waals surface area contributed by atoms with Crippen LogP contribution in [0.25, 0.3) is 0 Å². The second-order valence-electron chi connectivity index (χ2n) is 9.96. The Hall–Kier alpha value is -0.900. The molecule has 1 aliphatic heterocycles. The monoisotopic (exact) mass is 478 g/mol. The van der Waals surface area contributed by atoms with E-state index < -0.39 is 0 Å². The van der Waals surface area contributed by atoms with Gasteiger partial charge < -0.3 is 17.5 Å². The lowest BCUT2D eigenvalue weighted by Gasteiger charge is -2.34. The summed E-state index contributed by atoms with van der Waals surface area (Å²) in [5, 5.41) is 9.72. The van der Waals surface area contributed by atoms with E-state index in [-0.39, 0.29) is 19.0 Å². The van der Waals surface area contributed by atoms with Crippen molar-refractivity contribution >= 4 is 5.84 Å². The van der Waals surface area contributed by atoms with E-state index in [0.29, 0.717) is 0 Å². The second kappa shape index (κ2) is 19.4. The Morgan fingerprint density at radius 1 is 0.758 bits per heavy atom.